The highest BCUT2D eigenvalue weighted by Gasteiger charge is 2.19. The molecule has 0 bridgehead atoms. The molecule has 9 heteroatoms. The van der Waals surface area contributed by atoms with Gasteiger partial charge in [-0.05, 0) is 18.4 Å². The first-order valence-corrected chi connectivity index (χ1v) is 7.47. The van der Waals surface area contributed by atoms with Gasteiger partial charge < -0.3 is 20.3 Å². The van der Waals surface area contributed by atoms with Crippen molar-refractivity contribution in [3.05, 3.63) is 11.7 Å². The van der Waals surface area contributed by atoms with Gasteiger partial charge in [-0.3, -0.25) is 0 Å². The zero-order valence-electron chi connectivity index (χ0n) is 11.4. The van der Waals surface area contributed by atoms with Crippen LogP contribution < -0.4 is 10.6 Å². The lowest BCUT2D eigenvalue weighted by Crippen LogP contribution is -2.46. The third-order valence-electron chi connectivity index (χ3n) is 2.42. The van der Waals surface area contributed by atoms with Gasteiger partial charge >= 0.3 is 12.0 Å². The molecule has 0 aromatic carbocycles. The van der Waals surface area contributed by atoms with Crippen molar-refractivity contribution >= 4 is 23.8 Å². The Morgan fingerprint density at radius 1 is 1.50 bits per heavy atom. The van der Waals surface area contributed by atoms with Crippen LogP contribution in [0.25, 0.3) is 0 Å². The first-order chi connectivity index (χ1) is 9.52. The van der Waals surface area contributed by atoms with Crippen LogP contribution in [0, 0.1) is 6.92 Å². The summed E-state index contributed by atoms with van der Waals surface area (Å²) >= 11 is 1.53. The summed E-state index contributed by atoms with van der Waals surface area (Å²) in [6, 6.07) is -1.39. The summed E-state index contributed by atoms with van der Waals surface area (Å²) in [5.74, 6) is 0.592. The number of aryl methyl sites for hydroxylation is 1. The molecule has 20 heavy (non-hydrogen) atoms. The molecule has 112 valence electrons. The third-order valence-corrected chi connectivity index (χ3v) is 3.06. The second kappa shape index (κ2) is 8.41. The Kier molecular flexibility index (Phi) is 6.85. The number of carboxylic acid groups (broad SMARTS) is 1. The van der Waals surface area contributed by atoms with Crippen molar-refractivity contribution < 1.29 is 19.2 Å². The van der Waals surface area contributed by atoms with E-state index in [2.05, 4.69) is 20.8 Å². The second-order valence-corrected chi connectivity index (χ2v) is 5.04. The molecular formula is C11H18N4O4S. The number of urea groups is 1. The number of rotatable bonds is 8. The van der Waals surface area contributed by atoms with E-state index in [1.807, 2.05) is 6.26 Å². The maximum atomic E-state index is 11.6. The van der Waals surface area contributed by atoms with Gasteiger partial charge in [0.2, 0.25) is 5.89 Å². The minimum Gasteiger partial charge on any atom is -0.480 e. The van der Waals surface area contributed by atoms with Crippen molar-refractivity contribution in [1.29, 1.82) is 0 Å². The predicted octanol–water partition coefficient (Wildman–Crippen LogP) is 0.426. The van der Waals surface area contributed by atoms with Gasteiger partial charge in [-0.15, -0.1) is 0 Å². The smallest absolute Gasteiger partial charge is 0.326 e. The van der Waals surface area contributed by atoms with Crippen molar-refractivity contribution in [2.45, 2.75) is 25.8 Å². The molecule has 3 N–H and O–H groups in total. The predicted molar refractivity (Wildman–Crippen MR) is 73.7 cm³/mol. The maximum absolute atomic E-state index is 11.6. The fourth-order valence-electron chi connectivity index (χ4n) is 1.43. The lowest BCUT2D eigenvalue weighted by atomic mass is 10.2. The van der Waals surface area contributed by atoms with Gasteiger partial charge in [0.1, 0.15) is 6.04 Å². The third kappa shape index (κ3) is 5.91. The largest absolute Gasteiger partial charge is 0.480 e. The van der Waals surface area contributed by atoms with Gasteiger partial charge in [0.25, 0.3) is 0 Å². The Balaban J connectivity index is 2.28. The monoisotopic (exact) mass is 302 g/mol. The number of carbonyl (C=O) groups is 2. The molecule has 8 nitrogen and oxygen atoms in total. The highest BCUT2D eigenvalue weighted by molar-refractivity contribution is 7.98. The minimum atomic E-state index is -1.04. The van der Waals surface area contributed by atoms with Crippen LogP contribution in [0.1, 0.15) is 18.1 Å². The van der Waals surface area contributed by atoms with Crippen molar-refractivity contribution in [3.63, 3.8) is 0 Å². The minimum absolute atomic E-state index is 0.305. The summed E-state index contributed by atoms with van der Waals surface area (Å²) in [6.45, 7) is 1.99. The van der Waals surface area contributed by atoms with Gasteiger partial charge in [-0.1, -0.05) is 5.16 Å². The Morgan fingerprint density at radius 2 is 2.25 bits per heavy atom. The van der Waals surface area contributed by atoms with Gasteiger partial charge in [0.05, 0.1) is 0 Å². The number of nitrogens with zero attached hydrogens (tertiary/aromatic N) is 2. The lowest BCUT2D eigenvalue weighted by molar-refractivity contribution is -0.139. The zero-order valence-corrected chi connectivity index (χ0v) is 12.2. The van der Waals surface area contributed by atoms with Crippen LogP contribution in [0.5, 0.6) is 0 Å². The molecule has 0 saturated heterocycles. The van der Waals surface area contributed by atoms with E-state index in [4.69, 9.17) is 9.63 Å². The summed E-state index contributed by atoms with van der Waals surface area (Å²) in [6.07, 6.45) is 2.69. The average Bonchev–Trinajstić information content (AvgIpc) is 2.80. The molecule has 0 aliphatic rings. The second-order valence-electron chi connectivity index (χ2n) is 4.05. The molecule has 1 aromatic rings. The van der Waals surface area contributed by atoms with Crippen LogP contribution in [0.2, 0.25) is 0 Å². The molecule has 0 aliphatic carbocycles. The van der Waals surface area contributed by atoms with Gasteiger partial charge in [-0.2, -0.15) is 16.7 Å². The van der Waals surface area contributed by atoms with E-state index in [1.54, 1.807) is 6.92 Å². The Labute approximate surface area is 120 Å². The molecule has 0 unspecified atom stereocenters. The molecule has 0 fully saturated rings. The standard InChI is InChI=1S/C11H18N4O4S/c1-7-13-9(15-19-7)3-5-12-11(18)14-8(10(16)17)4-6-20-2/h8H,3-6H2,1-2H3,(H,16,17)(H2,12,14,18)/t8-/m1/s1. The number of aliphatic carboxylic acids is 1. The Bertz CT molecular complexity index is 451. The number of carboxylic acids is 1. The van der Waals surface area contributed by atoms with E-state index < -0.39 is 18.0 Å². The fraction of sp³-hybridized carbons (Fsp3) is 0.636. The highest BCUT2D eigenvalue weighted by atomic mass is 32.2. The molecule has 0 spiro atoms. The number of hydrogen-bond donors (Lipinski definition) is 3. The topological polar surface area (TPSA) is 117 Å². The molecule has 1 rings (SSSR count). The average molecular weight is 302 g/mol. The van der Waals surface area contributed by atoms with E-state index in [0.717, 1.165) is 0 Å². The molecule has 0 aliphatic heterocycles. The Hall–Kier alpha value is -1.77. The molecule has 2 amide bonds. The van der Waals surface area contributed by atoms with Crippen LogP contribution in [0.4, 0.5) is 4.79 Å². The van der Waals surface area contributed by atoms with E-state index in [1.165, 1.54) is 11.8 Å². The van der Waals surface area contributed by atoms with Crippen molar-refractivity contribution in [1.82, 2.24) is 20.8 Å². The summed E-state index contributed by atoms with van der Waals surface area (Å²) in [5.41, 5.74) is 0. The molecule has 1 heterocycles. The van der Waals surface area contributed by atoms with E-state index in [9.17, 15) is 9.59 Å². The number of amides is 2. The normalized spacial score (nSPS) is 11.9. The van der Waals surface area contributed by atoms with Crippen LogP contribution in [-0.4, -0.2) is 51.8 Å². The quantitative estimate of drug-likeness (QED) is 0.637. The lowest BCUT2D eigenvalue weighted by Gasteiger charge is -2.14. The van der Waals surface area contributed by atoms with Crippen LogP contribution in [0.15, 0.2) is 4.52 Å². The number of aromatic nitrogens is 2. The Morgan fingerprint density at radius 3 is 2.80 bits per heavy atom. The summed E-state index contributed by atoms with van der Waals surface area (Å²) in [4.78, 5) is 26.5. The summed E-state index contributed by atoms with van der Waals surface area (Å²) in [5, 5.41) is 17.6. The van der Waals surface area contributed by atoms with Gasteiger partial charge in [0.15, 0.2) is 5.82 Å². The zero-order chi connectivity index (χ0) is 15.0. The van der Waals surface area contributed by atoms with E-state index >= 15 is 0 Å². The van der Waals surface area contributed by atoms with E-state index in [0.29, 0.717) is 36.9 Å². The van der Waals surface area contributed by atoms with Gasteiger partial charge in [0, 0.05) is 19.9 Å². The van der Waals surface area contributed by atoms with Crippen LogP contribution in [0.3, 0.4) is 0 Å². The van der Waals surface area contributed by atoms with Gasteiger partial charge in [-0.25, -0.2) is 9.59 Å². The molecule has 0 saturated carbocycles. The summed E-state index contributed by atoms with van der Waals surface area (Å²) < 4.78 is 4.79. The fourth-order valence-corrected chi connectivity index (χ4v) is 1.90. The first kappa shape index (κ1) is 16.3. The first-order valence-electron chi connectivity index (χ1n) is 6.08. The van der Waals surface area contributed by atoms with Crippen molar-refractivity contribution in [2.24, 2.45) is 0 Å². The van der Waals surface area contributed by atoms with Crippen molar-refractivity contribution in [3.8, 4) is 0 Å². The molecule has 1 aromatic heterocycles. The number of nitrogens with one attached hydrogen (secondary N) is 2. The number of carbonyl (C=O) groups excluding carboxylic acids is 1. The van der Waals surface area contributed by atoms with E-state index in [-0.39, 0.29) is 0 Å². The SMILES string of the molecule is CSCC[C@@H](NC(=O)NCCc1noc(C)n1)C(=O)O. The molecule has 0 radical (unpaired) electrons. The number of hydrogen-bond acceptors (Lipinski definition) is 6. The van der Waals surface area contributed by atoms with Crippen LogP contribution >= 0.6 is 11.8 Å². The molecule has 1 atom stereocenters. The number of thioether (sulfide) groups is 1. The molecular weight excluding hydrogens is 284 g/mol. The van der Waals surface area contributed by atoms with Crippen LogP contribution in [-0.2, 0) is 11.2 Å². The van der Waals surface area contributed by atoms with Crippen molar-refractivity contribution in [2.75, 3.05) is 18.6 Å². The maximum Gasteiger partial charge on any atom is 0.326 e. The highest BCUT2D eigenvalue weighted by Crippen LogP contribution is 2.01. The summed E-state index contributed by atoms with van der Waals surface area (Å²) in [7, 11) is 0.